The van der Waals surface area contributed by atoms with Gasteiger partial charge < -0.3 is 10.6 Å². The average molecular weight is 337 g/mol. The molecule has 2 N–H and O–H groups in total. The van der Waals surface area contributed by atoms with Crippen molar-refractivity contribution in [3.05, 3.63) is 71.8 Å². The first-order chi connectivity index (χ1) is 12.3. The van der Waals surface area contributed by atoms with E-state index in [2.05, 4.69) is 58.0 Å². The Labute approximate surface area is 150 Å². The standard InChI is InChI=1S/C21H27N3O/c25-21(22-14-11-18-7-3-1-4-8-18)23-20-12-15-24(16-13-20)17-19-9-5-2-6-10-19/h1-10,20H,11-17H2,(H2,22,23,25). The molecule has 0 radical (unpaired) electrons. The third-order valence-corrected chi connectivity index (χ3v) is 4.71. The maximum absolute atomic E-state index is 12.0. The van der Waals surface area contributed by atoms with E-state index in [9.17, 15) is 4.79 Å². The molecule has 0 aliphatic carbocycles. The van der Waals surface area contributed by atoms with Crippen molar-refractivity contribution in [1.29, 1.82) is 0 Å². The first-order valence-corrected chi connectivity index (χ1v) is 9.14. The van der Waals surface area contributed by atoms with E-state index in [1.165, 1.54) is 11.1 Å². The van der Waals surface area contributed by atoms with Crippen molar-refractivity contribution in [3.63, 3.8) is 0 Å². The number of carbonyl (C=O) groups is 1. The first kappa shape index (κ1) is 17.5. The molecule has 1 aliphatic rings. The molecule has 1 heterocycles. The summed E-state index contributed by atoms with van der Waals surface area (Å²) in [6.07, 6.45) is 2.89. The maximum atomic E-state index is 12.0. The van der Waals surface area contributed by atoms with Gasteiger partial charge in [-0.25, -0.2) is 4.79 Å². The summed E-state index contributed by atoms with van der Waals surface area (Å²) in [5.74, 6) is 0. The quantitative estimate of drug-likeness (QED) is 0.850. The minimum Gasteiger partial charge on any atom is -0.338 e. The van der Waals surface area contributed by atoms with E-state index in [4.69, 9.17) is 0 Å². The van der Waals surface area contributed by atoms with Crippen LogP contribution in [0.15, 0.2) is 60.7 Å². The highest BCUT2D eigenvalue weighted by molar-refractivity contribution is 5.74. The molecule has 4 nitrogen and oxygen atoms in total. The minimum atomic E-state index is -0.0440. The first-order valence-electron chi connectivity index (χ1n) is 9.14. The number of hydrogen-bond acceptors (Lipinski definition) is 2. The van der Waals surface area contributed by atoms with Crippen LogP contribution in [0.4, 0.5) is 4.79 Å². The molecule has 2 aromatic carbocycles. The van der Waals surface area contributed by atoms with Crippen molar-refractivity contribution in [3.8, 4) is 0 Å². The fourth-order valence-corrected chi connectivity index (χ4v) is 3.28. The van der Waals surface area contributed by atoms with Crippen LogP contribution in [-0.4, -0.2) is 36.6 Å². The summed E-state index contributed by atoms with van der Waals surface area (Å²) in [6, 6.07) is 21.0. The zero-order chi connectivity index (χ0) is 17.3. The summed E-state index contributed by atoms with van der Waals surface area (Å²) in [7, 11) is 0. The number of nitrogens with zero attached hydrogens (tertiary/aromatic N) is 1. The number of piperidine rings is 1. The van der Waals surface area contributed by atoms with Gasteiger partial charge in [-0.05, 0) is 30.4 Å². The van der Waals surface area contributed by atoms with Gasteiger partial charge in [0.25, 0.3) is 0 Å². The Morgan fingerprint density at radius 3 is 2.16 bits per heavy atom. The monoisotopic (exact) mass is 337 g/mol. The number of carbonyl (C=O) groups excluding carboxylic acids is 1. The minimum absolute atomic E-state index is 0.0440. The Morgan fingerprint density at radius 1 is 0.920 bits per heavy atom. The van der Waals surface area contributed by atoms with Crippen LogP contribution in [-0.2, 0) is 13.0 Å². The van der Waals surface area contributed by atoms with Crippen LogP contribution in [0.1, 0.15) is 24.0 Å². The highest BCUT2D eigenvalue weighted by Crippen LogP contribution is 2.13. The second kappa shape index (κ2) is 9.23. The smallest absolute Gasteiger partial charge is 0.315 e. The molecule has 0 aromatic heterocycles. The van der Waals surface area contributed by atoms with E-state index in [-0.39, 0.29) is 12.1 Å². The highest BCUT2D eigenvalue weighted by atomic mass is 16.2. The van der Waals surface area contributed by atoms with Gasteiger partial charge in [-0.15, -0.1) is 0 Å². The van der Waals surface area contributed by atoms with E-state index in [1.807, 2.05) is 18.2 Å². The summed E-state index contributed by atoms with van der Waals surface area (Å²) in [5.41, 5.74) is 2.60. The molecule has 0 saturated carbocycles. The zero-order valence-electron chi connectivity index (χ0n) is 14.7. The van der Waals surface area contributed by atoms with Gasteiger partial charge in [0.05, 0.1) is 0 Å². The molecule has 0 bridgehead atoms. The zero-order valence-corrected chi connectivity index (χ0v) is 14.7. The van der Waals surface area contributed by atoms with Gasteiger partial charge in [0.1, 0.15) is 0 Å². The second-order valence-corrected chi connectivity index (χ2v) is 6.67. The molecule has 4 heteroatoms. The Morgan fingerprint density at radius 2 is 1.52 bits per heavy atom. The van der Waals surface area contributed by atoms with Gasteiger partial charge in [-0.3, -0.25) is 4.90 Å². The van der Waals surface area contributed by atoms with Crippen LogP contribution in [0.5, 0.6) is 0 Å². The number of nitrogens with one attached hydrogen (secondary N) is 2. The summed E-state index contributed by atoms with van der Waals surface area (Å²) in [5, 5.41) is 6.08. The molecule has 0 unspecified atom stereocenters. The molecule has 1 fully saturated rings. The molecule has 0 atom stereocenters. The third-order valence-electron chi connectivity index (χ3n) is 4.71. The van der Waals surface area contributed by atoms with Crippen LogP contribution >= 0.6 is 0 Å². The second-order valence-electron chi connectivity index (χ2n) is 6.67. The number of amides is 2. The van der Waals surface area contributed by atoms with Crippen molar-refractivity contribution in [2.75, 3.05) is 19.6 Å². The van der Waals surface area contributed by atoms with Gasteiger partial charge in [0, 0.05) is 32.2 Å². The Kier molecular flexibility index (Phi) is 6.46. The SMILES string of the molecule is O=C(NCCc1ccccc1)NC1CCN(Cc2ccccc2)CC1. The van der Waals surface area contributed by atoms with E-state index < -0.39 is 0 Å². The van der Waals surface area contributed by atoms with Crippen LogP contribution in [0.3, 0.4) is 0 Å². The summed E-state index contributed by atoms with van der Waals surface area (Å²) < 4.78 is 0. The summed E-state index contributed by atoms with van der Waals surface area (Å²) in [6.45, 7) is 3.73. The fourth-order valence-electron chi connectivity index (χ4n) is 3.28. The van der Waals surface area contributed by atoms with Gasteiger partial charge in [0.2, 0.25) is 0 Å². The summed E-state index contributed by atoms with van der Waals surface area (Å²) in [4.78, 5) is 14.5. The molecule has 1 aliphatic heterocycles. The van der Waals surface area contributed by atoms with E-state index in [0.29, 0.717) is 6.54 Å². The van der Waals surface area contributed by atoms with Gasteiger partial charge in [-0.2, -0.15) is 0 Å². The molecule has 0 spiro atoms. The molecule has 2 amide bonds. The normalized spacial score (nSPS) is 15.7. The van der Waals surface area contributed by atoms with Crippen molar-refractivity contribution < 1.29 is 4.79 Å². The maximum Gasteiger partial charge on any atom is 0.315 e. The molecular formula is C21H27N3O. The number of hydrogen-bond donors (Lipinski definition) is 2. The van der Waals surface area contributed by atoms with Crippen molar-refractivity contribution in [1.82, 2.24) is 15.5 Å². The Hall–Kier alpha value is -2.33. The predicted octanol–water partition coefficient (Wildman–Crippen LogP) is 3.19. The lowest BCUT2D eigenvalue weighted by Gasteiger charge is -2.32. The lowest BCUT2D eigenvalue weighted by molar-refractivity contribution is 0.186. The Bertz CT molecular complexity index is 637. The van der Waals surface area contributed by atoms with Crippen molar-refractivity contribution in [2.45, 2.75) is 31.8 Å². The Balaban J connectivity index is 1.32. The molecule has 132 valence electrons. The van der Waals surface area contributed by atoms with Crippen LogP contribution in [0.25, 0.3) is 0 Å². The lowest BCUT2D eigenvalue weighted by Crippen LogP contribution is -2.48. The topological polar surface area (TPSA) is 44.4 Å². The number of benzene rings is 2. The van der Waals surface area contributed by atoms with E-state index in [0.717, 1.165) is 38.9 Å². The third kappa shape index (κ3) is 5.91. The van der Waals surface area contributed by atoms with Crippen LogP contribution in [0.2, 0.25) is 0 Å². The van der Waals surface area contributed by atoms with Crippen molar-refractivity contribution in [2.24, 2.45) is 0 Å². The van der Waals surface area contributed by atoms with Crippen LogP contribution in [0, 0.1) is 0 Å². The van der Waals surface area contributed by atoms with Crippen LogP contribution < -0.4 is 10.6 Å². The number of urea groups is 1. The van der Waals surface area contributed by atoms with Gasteiger partial charge >= 0.3 is 6.03 Å². The molecular weight excluding hydrogens is 310 g/mol. The largest absolute Gasteiger partial charge is 0.338 e. The number of likely N-dealkylation sites (tertiary alicyclic amines) is 1. The molecule has 2 aromatic rings. The van der Waals surface area contributed by atoms with Crippen molar-refractivity contribution >= 4 is 6.03 Å². The fraction of sp³-hybridized carbons (Fsp3) is 0.381. The average Bonchev–Trinajstić information content (AvgIpc) is 2.65. The van der Waals surface area contributed by atoms with Gasteiger partial charge in [-0.1, -0.05) is 60.7 Å². The highest BCUT2D eigenvalue weighted by Gasteiger charge is 2.20. The van der Waals surface area contributed by atoms with E-state index >= 15 is 0 Å². The summed E-state index contributed by atoms with van der Waals surface area (Å²) >= 11 is 0. The predicted molar refractivity (Wildman–Crippen MR) is 101 cm³/mol. The van der Waals surface area contributed by atoms with E-state index in [1.54, 1.807) is 0 Å². The lowest BCUT2D eigenvalue weighted by atomic mass is 10.0. The molecule has 3 rings (SSSR count). The van der Waals surface area contributed by atoms with Gasteiger partial charge in [0.15, 0.2) is 0 Å². The molecule has 1 saturated heterocycles. The molecule has 25 heavy (non-hydrogen) atoms. The number of rotatable bonds is 6.